The Kier molecular flexibility index (Phi) is 12.8. The summed E-state index contributed by atoms with van der Waals surface area (Å²) < 4.78 is 0. The van der Waals surface area contributed by atoms with Gasteiger partial charge in [0.1, 0.15) is 0 Å². The Morgan fingerprint density at radius 2 is 0.495 bits per heavy atom. The highest BCUT2D eigenvalue weighted by atomic mass is 15.1. The van der Waals surface area contributed by atoms with Crippen LogP contribution in [0.1, 0.15) is 108 Å². The zero-order valence-corrected chi connectivity index (χ0v) is 54.1. The van der Waals surface area contributed by atoms with Crippen molar-refractivity contribution in [3.63, 3.8) is 0 Å². The summed E-state index contributed by atoms with van der Waals surface area (Å²) in [6.45, 7) is 18.7. The fourth-order valence-electron chi connectivity index (χ4n) is 16.0. The second kappa shape index (κ2) is 21.1. The maximum absolute atomic E-state index is 2.47. The summed E-state index contributed by atoms with van der Waals surface area (Å²) in [5, 5.41) is 10.0. The Labute approximate surface area is 546 Å². The average molecular weight is 1190 g/mol. The molecule has 0 saturated heterocycles. The van der Waals surface area contributed by atoms with Gasteiger partial charge in [-0.25, -0.2) is 0 Å². The van der Waals surface area contributed by atoms with Crippen molar-refractivity contribution in [1.29, 1.82) is 0 Å². The van der Waals surface area contributed by atoms with Crippen molar-refractivity contribution >= 4 is 102 Å². The molecule has 3 aliphatic carbocycles. The van der Waals surface area contributed by atoms with Crippen LogP contribution >= 0.6 is 0 Å². The third-order valence-electron chi connectivity index (χ3n) is 21.1. The van der Waals surface area contributed by atoms with Gasteiger partial charge in [0.2, 0.25) is 0 Å². The van der Waals surface area contributed by atoms with Crippen LogP contribution in [0.4, 0.5) is 34.1 Å². The van der Waals surface area contributed by atoms with Crippen LogP contribution in [0.2, 0.25) is 0 Å². The highest BCUT2D eigenvalue weighted by molar-refractivity contribution is 6.16. The van der Waals surface area contributed by atoms with Crippen LogP contribution in [0, 0.1) is 13.8 Å². The second-order valence-electron chi connectivity index (χ2n) is 27.9. The third-order valence-corrected chi connectivity index (χ3v) is 21.1. The molecule has 2 heteroatoms. The molecular weight excluding hydrogens is 1120 g/mol. The van der Waals surface area contributed by atoms with E-state index in [-0.39, 0.29) is 16.2 Å². The molecule has 0 spiro atoms. The maximum Gasteiger partial charge on any atom is 0.0546 e. The van der Waals surface area contributed by atoms with Crippen molar-refractivity contribution in [2.24, 2.45) is 0 Å². The minimum Gasteiger partial charge on any atom is -0.310 e. The zero-order valence-electron chi connectivity index (χ0n) is 54.1. The number of aryl methyl sites for hydroxylation is 2. The molecule has 0 radical (unpaired) electrons. The van der Waals surface area contributed by atoms with E-state index in [9.17, 15) is 0 Å². The summed E-state index contributed by atoms with van der Waals surface area (Å²) in [5.41, 5.74) is 29.7. The van der Waals surface area contributed by atoms with E-state index in [0.29, 0.717) is 0 Å². The van der Waals surface area contributed by atoms with Gasteiger partial charge in [0.25, 0.3) is 0 Å². The number of nitrogens with zero attached hydrogens (tertiary/aromatic N) is 2. The molecule has 0 N–H and O–H groups in total. The molecule has 0 saturated carbocycles. The van der Waals surface area contributed by atoms with E-state index >= 15 is 0 Å². The van der Waals surface area contributed by atoms with Crippen LogP contribution in [0.3, 0.4) is 0 Å². The lowest BCUT2D eigenvalue weighted by atomic mass is 9.81. The fraction of sp³-hybridized carbons (Fsp3) is 0.121. The summed E-state index contributed by atoms with van der Waals surface area (Å²) in [7, 11) is 0. The second-order valence-corrected chi connectivity index (χ2v) is 27.9. The molecule has 446 valence electrons. The Balaban J connectivity index is 0.626. The predicted octanol–water partition coefficient (Wildman–Crippen LogP) is 25.1. The normalized spacial score (nSPS) is 14.4. The first-order valence-electron chi connectivity index (χ1n) is 32.9. The van der Waals surface area contributed by atoms with E-state index in [1.807, 2.05) is 0 Å². The lowest BCUT2D eigenvalue weighted by Gasteiger charge is -2.29. The first kappa shape index (κ1) is 56.2. The molecule has 14 aromatic carbocycles. The topological polar surface area (TPSA) is 6.48 Å². The summed E-state index contributed by atoms with van der Waals surface area (Å²) >= 11 is 0. The van der Waals surface area contributed by atoms with Crippen molar-refractivity contribution in [1.82, 2.24) is 0 Å². The standard InChI is InChI=1S/C91H72N2/c1-57-25-37-65(38-26-57)92(87-53-63-17-9-11-19-69(63)71-21-13-15-23-79(71)87)67-41-47-77-75-45-35-61(51-83(75)90(5,6)85(77)55-67)31-29-59-33-43-73-74-44-34-60(50-82(74)89(3,4)81(73)49-59)30-32-62-36-46-76-78-48-42-68(56-86(78)91(7,8)84(76)52-62)93(66-39-27-58(2)28-40-66)88-54-64-18-10-12-20-70(64)72-22-14-16-24-80(72)88/h9-56H,1-8H3. The molecule has 0 heterocycles. The number of rotatable bonds is 10. The van der Waals surface area contributed by atoms with E-state index in [1.54, 1.807) is 0 Å². The van der Waals surface area contributed by atoms with Crippen LogP contribution in [0.25, 0.3) is 101 Å². The highest BCUT2D eigenvalue weighted by Gasteiger charge is 2.39. The Bertz CT molecular complexity index is 5150. The number of fused-ring (bicyclic) bond motifs is 15. The van der Waals surface area contributed by atoms with Gasteiger partial charge in [-0.05, 0) is 196 Å². The molecule has 0 aromatic heterocycles. The van der Waals surface area contributed by atoms with Gasteiger partial charge in [0.05, 0.1) is 11.4 Å². The van der Waals surface area contributed by atoms with Gasteiger partial charge in [-0.2, -0.15) is 0 Å². The van der Waals surface area contributed by atoms with Gasteiger partial charge < -0.3 is 9.80 Å². The van der Waals surface area contributed by atoms with Crippen LogP contribution < -0.4 is 9.80 Å². The smallest absolute Gasteiger partial charge is 0.0546 e. The minimum atomic E-state index is -0.217. The van der Waals surface area contributed by atoms with Gasteiger partial charge in [-0.3, -0.25) is 0 Å². The molecule has 0 bridgehead atoms. The molecule has 17 rings (SSSR count). The van der Waals surface area contributed by atoms with E-state index < -0.39 is 0 Å². The third kappa shape index (κ3) is 9.05. The summed E-state index contributed by atoms with van der Waals surface area (Å²) in [4.78, 5) is 4.93. The first-order chi connectivity index (χ1) is 45.1. The molecule has 0 fully saturated rings. The quantitative estimate of drug-likeness (QED) is 0.0995. The fourth-order valence-corrected chi connectivity index (χ4v) is 16.0. The number of anilines is 6. The van der Waals surface area contributed by atoms with Crippen molar-refractivity contribution < 1.29 is 0 Å². The molecule has 0 amide bonds. The Hall–Kier alpha value is -10.8. The molecule has 0 aliphatic heterocycles. The monoisotopic (exact) mass is 1190 g/mol. The average Bonchev–Trinajstić information content (AvgIpc) is 1.32. The van der Waals surface area contributed by atoms with Crippen LogP contribution in [-0.2, 0) is 16.2 Å². The van der Waals surface area contributed by atoms with Gasteiger partial charge in [0.15, 0.2) is 0 Å². The molecule has 0 atom stereocenters. The lowest BCUT2D eigenvalue weighted by Crippen LogP contribution is -2.17. The van der Waals surface area contributed by atoms with E-state index in [0.717, 1.165) is 22.7 Å². The van der Waals surface area contributed by atoms with Gasteiger partial charge in [-0.1, -0.05) is 283 Å². The number of hydrogen-bond acceptors (Lipinski definition) is 2. The molecule has 0 unspecified atom stereocenters. The number of benzene rings is 14. The first-order valence-corrected chi connectivity index (χ1v) is 32.9. The van der Waals surface area contributed by atoms with Crippen LogP contribution in [0.15, 0.2) is 267 Å². The summed E-state index contributed by atoms with van der Waals surface area (Å²) in [6.07, 6.45) is 9.22. The van der Waals surface area contributed by atoms with E-state index in [4.69, 9.17) is 0 Å². The maximum atomic E-state index is 2.47. The summed E-state index contributed by atoms with van der Waals surface area (Å²) in [5.74, 6) is 0. The van der Waals surface area contributed by atoms with E-state index in [1.165, 1.54) is 155 Å². The van der Waals surface area contributed by atoms with Crippen LogP contribution in [-0.4, -0.2) is 0 Å². The molecular formula is C91H72N2. The zero-order chi connectivity index (χ0) is 63.1. The Morgan fingerprint density at radius 3 is 0.817 bits per heavy atom. The van der Waals surface area contributed by atoms with Crippen molar-refractivity contribution in [2.45, 2.75) is 71.6 Å². The molecule has 14 aromatic rings. The number of hydrogen-bond donors (Lipinski definition) is 0. The SMILES string of the molecule is Cc1ccc(N(c2ccc3c(c2)C(C)(C)c2cc(C=Cc4ccc5c(c4)C(C)(C)c4cc(C=Cc6ccc7c(c6)C(C)(C)c6cc(N(c8ccc(C)cc8)c8cc9ccccc9c9ccccc89)ccc6-7)ccc4-5)ccc2-3)c2cc3ccccc3c3ccccc23)cc1. The lowest BCUT2D eigenvalue weighted by molar-refractivity contribution is 0.660. The molecule has 93 heavy (non-hydrogen) atoms. The van der Waals surface area contributed by atoms with Gasteiger partial charge in [-0.15, -0.1) is 0 Å². The largest absolute Gasteiger partial charge is 0.310 e. The predicted molar refractivity (Wildman–Crippen MR) is 399 cm³/mol. The van der Waals surface area contributed by atoms with Crippen molar-refractivity contribution in [2.75, 3.05) is 9.80 Å². The summed E-state index contributed by atoms with van der Waals surface area (Å²) in [6, 6.07) is 101. The van der Waals surface area contributed by atoms with Gasteiger partial charge >= 0.3 is 0 Å². The van der Waals surface area contributed by atoms with Gasteiger partial charge in [0, 0.05) is 49.8 Å². The minimum absolute atomic E-state index is 0.171. The van der Waals surface area contributed by atoms with E-state index in [2.05, 4.69) is 356 Å². The van der Waals surface area contributed by atoms with Crippen LogP contribution in [0.5, 0.6) is 0 Å². The Morgan fingerprint density at radius 1 is 0.237 bits per heavy atom. The highest BCUT2D eigenvalue weighted by Crippen LogP contribution is 2.55. The molecule has 2 nitrogen and oxygen atoms in total. The van der Waals surface area contributed by atoms with Crippen molar-refractivity contribution in [3.8, 4) is 33.4 Å². The molecule has 3 aliphatic rings. The van der Waals surface area contributed by atoms with Crippen molar-refractivity contribution in [3.05, 3.63) is 334 Å².